The summed E-state index contributed by atoms with van der Waals surface area (Å²) < 4.78 is 6.63. The Morgan fingerprint density at radius 1 is 1.69 bits per heavy atom. The van der Waals surface area contributed by atoms with Gasteiger partial charge in [0.2, 0.25) is 0 Å². The summed E-state index contributed by atoms with van der Waals surface area (Å²) in [6.45, 7) is 3.62. The van der Waals surface area contributed by atoms with Crippen molar-refractivity contribution in [3.05, 3.63) is 22.8 Å². The van der Waals surface area contributed by atoms with Crippen LogP contribution in [-0.2, 0) is 4.74 Å². The fourth-order valence-electron chi connectivity index (χ4n) is 1.79. The van der Waals surface area contributed by atoms with Crippen LogP contribution in [0.4, 0.5) is 5.82 Å². The highest BCUT2D eigenvalue weighted by molar-refractivity contribution is 9.10. The maximum atomic E-state index is 5.84. The zero-order valence-electron chi connectivity index (χ0n) is 9.07. The van der Waals surface area contributed by atoms with Crippen LogP contribution in [0.2, 0.25) is 0 Å². The Labute approximate surface area is 109 Å². The fourth-order valence-corrected chi connectivity index (χ4v) is 2.46. The number of morpholine rings is 1. The lowest BCUT2D eigenvalue weighted by Gasteiger charge is -2.38. The molecule has 2 heterocycles. The predicted octanol–water partition coefficient (Wildman–Crippen LogP) is 2.68. The van der Waals surface area contributed by atoms with Gasteiger partial charge in [0.05, 0.1) is 29.1 Å². The van der Waals surface area contributed by atoms with Crippen LogP contribution in [0.25, 0.3) is 0 Å². The number of halogens is 2. The van der Waals surface area contributed by atoms with Crippen LogP contribution in [-0.4, -0.2) is 36.2 Å². The third kappa shape index (κ3) is 2.50. The van der Waals surface area contributed by atoms with Crippen LogP contribution in [0.5, 0.6) is 0 Å². The molecule has 0 bridgehead atoms. The van der Waals surface area contributed by atoms with Gasteiger partial charge >= 0.3 is 0 Å². The molecule has 0 saturated carbocycles. The summed E-state index contributed by atoms with van der Waals surface area (Å²) in [4.78, 5) is 6.64. The molecule has 0 aliphatic carbocycles. The molecule has 0 aromatic carbocycles. The summed E-state index contributed by atoms with van der Waals surface area (Å²) in [5.41, 5.74) is 0. The SMILES string of the molecule is CC1COC(CCl)CN1c1ncccc1Br. The van der Waals surface area contributed by atoms with Crippen LogP contribution in [0.1, 0.15) is 6.92 Å². The van der Waals surface area contributed by atoms with Gasteiger partial charge < -0.3 is 9.64 Å². The Balaban J connectivity index is 2.21. The number of rotatable bonds is 2. The highest BCUT2D eigenvalue weighted by atomic mass is 79.9. The summed E-state index contributed by atoms with van der Waals surface area (Å²) in [6, 6.07) is 4.24. The van der Waals surface area contributed by atoms with E-state index in [-0.39, 0.29) is 6.10 Å². The second-order valence-electron chi connectivity index (χ2n) is 3.92. The van der Waals surface area contributed by atoms with Gasteiger partial charge in [0.15, 0.2) is 0 Å². The van der Waals surface area contributed by atoms with E-state index in [2.05, 4.69) is 32.7 Å². The monoisotopic (exact) mass is 304 g/mol. The Hall–Kier alpha value is -0.320. The molecule has 1 aromatic heterocycles. The summed E-state index contributed by atoms with van der Waals surface area (Å²) in [5.74, 6) is 1.49. The van der Waals surface area contributed by atoms with Crippen molar-refractivity contribution in [1.82, 2.24) is 4.98 Å². The van der Waals surface area contributed by atoms with Crippen LogP contribution in [0, 0.1) is 0 Å². The first kappa shape index (κ1) is 12.1. The zero-order valence-corrected chi connectivity index (χ0v) is 11.4. The molecule has 88 valence electrons. The maximum absolute atomic E-state index is 5.84. The van der Waals surface area contributed by atoms with Crippen LogP contribution >= 0.6 is 27.5 Å². The minimum atomic E-state index is 0.0896. The van der Waals surface area contributed by atoms with Crippen molar-refractivity contribution >= 4 is 33.3 Å². The van der Waals surface area contributed by atoms with Crippen LogP contribution in [0.3, 0.4) is 0 Å². The number of ether oxygens (including phenoxy) is 1. The molecule has 1 saturated heterocycles. The number of hydrogen-bond donors (Lipinski definition) is 0. The third-order valence-electron chi connectivity index (χ3n) is 2.69. The molecule has 1 aromatic rings. The molecule has 1 aliphatic rings. The average Bonchev–Trinajstić information content (AvgIpc) is 2.31. The fraction of sp³-hybridized carbons (Fsp3) is 0.545. The highest BCUT2D eigenvalue weighted by Gasteiger charge is 2.27. The quantitative estimate of drug-likeness (QED) is 0.786. The third-order valence-corrected chi connectivity index (χ3v) is 3.65. The highest BCUT2D eigenvalue weighted by Crippen LogP contribution is 2.27. The molecule has 2 rings (SSSR count). The van der Waals surface area contributed by atoms with Crippen molar-refractivity contribution in [1.29, 1.82) is 0 Å². The van der Waals surface area contributed by atoms with E-state index in [9.17, 15) is 0 Å². The van der Waals surface area contributed by atoms with Gasteiger partial charge in [-0.05, 0) is 35.0 Å². The van der Waals surface area contributed by atoms with E-state index in [1.54, 1.807) is 6.20 Å². The molecule has 1 fully saturated rings. The lowest BCUT2D eigenvalue weighted by Crippen LogP contribution is -2.49. The molecule has 0 amide bonds. The second kappa shape index (κ2) is 5.34. The minimum absolute atomic E-state index is 0.0896. The van der Waals surface area contributed by atoms with Gasteiger partial charge in [0, 0.05) is 12.7 Å². The first-order valence-corrected chi connectivity index (χ1v) is 6.60. The molecule has 5 heteroatoms. The van der Waals surface area contributed by atoms with E-state index < -0.39 is 0 Å². The summed E-state index contributed by atoms with van der Waals surface area (Å²) in [6.07, 6.45) is 1.89. The number of aromatic nitrogens is 1. The van der Waals surface area contributed by atoms with Gasteiger partial charge in [-0.25, -0.2) is 4.98 Å². The first-order chi connectivity index (χ1) is 7.72. The van der Waals surface area contributed by atoms with Gasteiger partial charge in [0.1, 0.15) is 5.82 Å². The van der Waals surface area contributed by atoms with Crippen LogP contribution < -0.4 is 4.90 Å². The maximum Gasteiger partial charge on any atom is 0.143 e. The number of pyridine rings is 1. The number of alkyl halides is 1. The standard InChI is InChI=1S/C11H14BrClN2O/c1-8-7-16-9(5-13)6-15(8)11-10(12)3-2-4-14-11/h2-4,8-9H,5-7H2,1H3. The van der Waals surface area contributed by atoms with Gasteiger partial charge in [-0.15, -0.1) is 11.6 Å². The second-order valence-corrected chi connectivity index (χ2v) is 5.08. The van der Waals surface area contributed by atoms with Gasteiger partial charge in [-0.3, -0.25) is 0 Å². The van der Waals surface area contributed by atoms with Crippen LogP contribution in [0.15, 0.2) is 22.8 Å². The van der Waals surface area contributed by atoms with E-state index in [0.29, 0.717) is 18.5 Å². The zero-order chi connectivity index (χ0) is 11.5. The Bertz CT molecular complexity index is 364. The van der Waals surface area contributed by atoms with Gasteiger partial charge in [-0.1, -0.05) is 0 Å². The molecule has 3 nitrogen and oxygen atoms in total. The first-order valence-electron chi connectivity index (χ1n) is 5.27. The lowest BCUT2D eigenvalue weighted by molar-refractivity contribution is 0.0361. The Morgan fingerprint density at radius 3 is 3.19 bits per heavy atom. The lowest BCUT2D eigenvalue weighted by atomic mass is 10.2. The van der Waals surface area contributed by atoms with Gasteiger partial charge in [-0.2, -0.15) is 0 Å². The van der Waals surface area contributed by atoms with E-state index in [1.165, 1.54) is 0 Å². The molecule has 0 radical (unpaired) electrons. The number of hydrogen-bond acceptors (Lipinski definition) is 3. The predicted molar refractivity (Wildman–Crippen MR) is 69.2 cm³/mol. The molecule has 16 heavy (non-hydrogen) atoms. The molecule has 0 spiro atoms. The summed E-state index contributed by atoms with van der Waals surface area (Å²) in [5, 5.41) is 0. The molecule has 0 N–H and O–H groups in total. The normalized spacial score (nSPS) is 25.8. The molecule has 1 aliphatic heterocycles. The summed E-state index contributed by atoms with van der Waals surface area (Å²) >= 11 is 9.36. The smallest absolute Gasteiger partial charge is 0.143 e. The Kier molecular flexibility index (Phi) is 4.05. The minimum Gasteiger partial charge on any atom is -0.373 e. The molecule has 2 unspecified atom stereocenters. The number of anilines is 1. The van der Waals surface area contributed by atoms with Crippen molar-refractivity contribution in [3.8, 4) is 0 Å². The molecular formula is C11H14BrClN2O. The van der Waals surface area contributed by atoms with Crippen molar-refractivity contribution in [2.24, 2.45) is 0 Å². The topological polar surface area (TPSA) is 25.4 Å². The Morgan fingerprint density at radius 2 is 2.50 bits per heavy atom. The average molecular weight is 306 g/mol. The number of nitrogens with zero attached hydrogens (tertiary/aromatic N) is 2. The van der Waals surface area contributed by atoms with Gasteiger partial charge in [0.25, 0.3) is 0 Å². The molecule has 2 atom stereocenters. The molecular weight excluding hydrogens is 291 g/mol. The largest absolute Gasteiger partial charge is 0.373 e. The summed E-state index contributed by atoms with van der Waals surface area (Å²) in [7, 11) is 0. The van der Waals surface area contributed by atoms with E-state index in [4.69, 9.17) is 16.3 Å². The van der Waals surface area contributed by atoms with Crippen molar-refractivity contribution < 1.29 is 4.74 Å². The van der Waals surface area contributed by atoms with Crippen molar-refractivity contribution in [2.45, 2.75) is 19.1 Å². The van der Waals surface area contributed by atoms with Crippen molar-refractivity contribution in [3.63, 3.8) is 0 Å². The van der Waals surface area contributed by atoms with Crippen molar-refractivity contribution in [2.75, 3.05) is 23.9 Å². The van der Waals surface area contributed by atoms with E-state index >= 15 is 0 Å². The van der Waals surface area contributed by atoms with E-state index in [0.717, 1.165) is 16.8 Å². The van der Waals surface area contributed by atoms with E-state index in [1.807, 2.05) is 12.1 Å².